The summed E-state index contributed by atoms with van der Waals surface area (Å²) >= 11 is 0. The third-order valence-electron chi connectivity index (χ3n) is 5.94. The van der Waals surface area contributed by atoms with E-state index in [1.807, 2.05) is 19.1 Å². The van der Waals surface area contributed by atoms with Gasteiger partial charge in [-0.25, -0.2) is 4.90 Å². The van der Waals surface area contributed by atoms with Crippen molar-refractivity contribution in [2.45, 2.75) is 64.0 Å². The smallest absolute Gasteiger partial charge is 0.290 e. The molecule has 29 heavy (non-hydrogen) atoms. The lowest BCUT2D eigenvalue weighted by Crippen LogP contribution is -2.50. The molecular formula is C23H26N2O4. The van der Waals surface area contributed by atoms with E-state index in [-0.39, 0.29) is 35.9 Å². The molecule has 0 spiro atoms. The first kappa shape index (κ1) is 19.4. The van der Waals surface area contributed by atoms with Gasteiger partial charge in [0.1, 0.15) is 6.04 Å². The second-order valence-corrected chi connectivity index (χ2v) is 7.96. The number of nitrogens with zero attached hydrogens (tertiary/aromatic N) is 2. The first-order valence-electron chi connectivity index (χ1n) is 10.4. The molecule has 1 unspecified atom stereocenters. The van der Waals surface area contributed by atoms with Gasteiger partial charge in [-0.1, -0.05) is 43.4 Å². The number of carbonyl (C=O) groups excluding carboxylic acids is 3. The number of carbonyl (C=O) groups is 3. The van der Waals surface area contributed by atoms with Gasteiger partial charge in [0, 0.05) is 6.04 Å². The fraction of sp³-hybridized carbons (Fsp3) is 0.435. The highest BCUT2D eigenvalue weighted by Crippen LogP contribution is 2.32. The van der Waals surface area contributed by atoms with Crippen LogP contribution in [-0.4, -0.2) is 34.7 Å². The summed E-state index contributed by atoms with van der Waals surface area (Å²) in [5.41, 5.74) is 1.61. The summed E-state index contributed by atoms with van der Waals surface area (Å²) in [6, 6.07) is 9.74. The number of imide groups is 1. The number of rotatable bonds is 4. The molecule has 2 fully saturated rings. The minimum Gasteiger partial charge on any atom is -0.459 e. The van der Waals surface area contributed by atoms with Crippen molar-refractivity contribution in [1.29, 1.82) is 0 Å². The molecule has 3 amide bonds. The molecule has 2 aromatic rings. The number of aryl methyl sites for hydroxylation is 1. The average Bonchev–Trinajstić information content (AvgIpc) is 3.25. The topological polar surface area (TPSA) is 70.8 Å². The van der Waals surface area contributed by atoms with Crippen molar-refractivity contribution in [1.82, 2.24) is 4.90 Å². The van der Waals surface area contributed by atoms with E-state index in [0.29, 0.717) is 5.69 Å². The number of furan rings is 1. The van der Waals surface area contributed by atoms with Crippen LogP contribution >= 0.6 is 0 Å². The van der Waals surface area contributed by atoms with Crippen molar-refractivity contribution in [3.8, 4) is 0 Å². The Kier molecular flexibility index (Phi) is 5.51. The van der Waals surface area contributed by atoms with Crippen LogP contribution in [0.1, 0.15) is 61.1 Å². The maximum Gasteiger partial charge on any atom is 0.290 e. The zero-order chi connectivity index (χ0) is 20.4. The molecule has 1 aliphatic carbocycles. The van der Waals surface area contributed by atoms with Gasteiger partial charge in [-0.05, 0) is 44.0 Å². The third-order valence-corrected chi connectivity index (χ3v) is 5.94. The number of hydrogen-bond acceptors (Lipinski definition) is 4. The van der Waals surface area contributed by atoms with Crippen molar-refractivity contribution < 1.29 is 18.8 Å². The Balaban J connectivity index is 1.66. The summed E-state index contributed by atoms with van der Waals surface area (Å²) in [6.07, 6.45) is 7.45. The van der Waals surface area contributed by atoms with Gasteiger partial charge in [0.05, 0.1) is 18.4 Å². The Hall–Kier alpha value is -2.89. The number of amides is 3. The van der Waals surface area contributed by atoms with E-state index in [1.54, 1.807) is 29.2 Å². The molecule has 1 saturated carbocycles. The van der Waals surface area contributed by atoms with Gasteiger partial charge in [-0.2, -0.15) is 0 Å². The Morgan fingerprint density at radius 2 is 1.72 bits per heavy atom. The molecule has 1 aromatic heterocycles. The summed E-state index contributed by atoms with van der Waals surface area (Å²) in [7, 11) is 0. The van der Waals surface area contributed by atoms with Crippen LogP contribution in [0.25, 0.3) is 0 Å². The molecule has 152 valence electrons. The highest BCUT2D eigenvalue weighted by Gasteiger charge is 2.47. The van der Waals surface area contributed by atoms with Gasteiger partial charge < -0.3 is 9.32 Å². The van der Waals surface area contributed by atoms with Crippen LogP contribution in [0.2, 0.25) is 0 Å². The molecule has 1 aliphatic heterocycles. The van der Waals surface area contributed by atoms with Crippen molar-refractivity contribution in [2.75, 3.05) is 4.90 Å². The number of benzene rings is 1. The second-order valence-electron chi connectivity index (χ2n) is 7.96. The maximum absolute atomic E-state index is 13.3. The van der Waals surface area contributed by atoms with Crippen molar-refractivity contribution >= 4 is 23.4 Å². The average molecular weight is 394 g/mol. The van der Waals surface area contributed by atoms with Crippen LogP contribution in [-0.2, 0) is 9.59 Å². The molecule has 1 aromatic carbocycles. The molecule has 6 nitrogen and oxygen atoms in total. The van der Waals surface area contributed by atoms with Crippen LogP contribution in [0, 0.1) is 6.92 Å². The molecule has 2 heterocycles. The SMILES string of the molecule is Cc1ccc(N2C(=O)CC(N(C(=O)c3ccco3)C3CCCCCC3)C2=O)cc1. The summed E-state index contributed by atoms with van der Waals surface area (Å²) in [5, 5.41) is 0. The summed E-state index contributed by atoms with van der Waals surface area (Å²) in [5.74, 6) is -0.695. The minimum atomic E-state index is -0.787. The zero-order valence-corrected chi connectivity index (χ0v) is 16.7. The van der Waals surface area contributed by atoms with Gasteiger partial charge in [0.15, 0.2) is 5.76 Å². The standard InChI is InChI=1S/C23H26N2O4/c1-16-10-12-18(13-11-16)25-21(26)15-19(22(25)27)24(17-7-4-2-3-5-8-17)23(28)20-9-6-14-29-20/h6,9-14,17,19H,2-5,7-8,15H2,1H3. The molecule has 1 saturated heterocycles. The van der Waals surface area contributed by atoms with Gasteiger partial charge in [-0.15, -0.1) is 0 Å². The summed E-state index contributed by atoms with van der Waals surface area (Å²) < 4.78 is 5.34. The Bertz CT molecular complexity index is 880. The number of hydrogen-bond donors (Lipinski definition) is 0. The zero-order valence-electron chi connectivity index (χ0n) is 16.7. The molecule has 1 atom stereocenters. The van der Waals surface area contributed by atoms with Gasteiger partial charge in [0.2, 0.25) is 5.91 Å². The predicted molar refractivity (Wildman–Crippen MR) is 108 cm³/mol. The molecule has 4 rings (SSSR count). The minimum absolute atomic E-state index is 0.00958. The van der Waals surface area contributed by atoms with Crippen LogP contribution < -0.4 is 4.90 Å². The first-order valence-corrected chi connectivity index (χ1v) is 10.4. The lowest BCUT2D eigenvalue weighted by Gasteiger charge is -2.34. The Morgan fingerprint density at radius 3 is 2.34 bits per heavy atom. The van der Waals surface area contributed by atoms with Crippen LogP contribution in [0.5, 0.6) is 0 Å². The van der Waals surface area contributed by atoms with Crippen molar-refractivity contribution in [3.05, 3.63) is 54.0 Å². The van der Waals surface area contributed by atoms with Gasteiger partial charge in [0.25, 0.3) is 11.8 Å². The van der Waals surface area contributed by atoms with E-state index in [4.69, 9.17) is 4.42 Å². The first-order chi connectivity index (χ1) is 14.1. The molecular weight excluding hydrogens is 368 g/mol. The third kappa shape index (κ3) is 3.84. The van der Waals surface area contributed by atoms with Gasteiger partial charge in [-0.3, -0.25) is 14.4 Å². The number of anilines is 1. The lowest BCUT2D eigenvalue weighted by atomic mass is 10.0. The van der Waals surface area contributed by atoms with Crippen molar-refractivity contribution in [2.24, 2.45) is 0 Å². The fourth-order valence-corrected chi connectivity index (χ4v) is 4.42. The summed E-state index contributed by atoms with van der Waals surface area (Å²) in [4.78, 5) is 42.3. The fourth-order valence-electron chi connectivity index (χ4n) is 4.42. The van der Waals surface area contributed by atoms with E-state index in [1.165, 1.54) is 11.2 Å². The highest BCUT2D eigenvalue weighted by molar-refractivity contribution is 6.23. The van der Waals surface area contributed by atoms with Gasteiger partial charge >= 0.3 is 0 Å². The van der Waals surface area contributed by atoms with E-state index in [9.17, 15) is 14.4 Å². The normalized spacial score (nSPS) is 20.7. The Labute approximate surface area is 170 Å². The summed E-state index contributed by atoms with van der Waals surface area (Å²) in [6.45, 7) is 1.95. The molecule has 6 heteroatoms. The lowest BCUT2D eigenvalue weighted by molar-refractivity contribution is -0.123. The van der Waals surface area contributed by atoms with Crippen LogP contribution in [0.3, 0.4) is 0 Å². The Morgan fingerprint density at radius 1 is 1.03 bits per heavy atom. The van der Waals surface area contributed by atoms with E-state index < -0.39 is 6.04 Å². The monoisotopic (exact) mass is 394 g/mol. The van der Waals surface area contributed by atoms with E-state index in [0.717, 1.165) is 44.1 Å². The van der Waals surface area contributed by atoms with Crippen LogP contribution in [0.15, 0.2) is 47.1 Å². The molecule has 0 bridgehead atoms. The van der Waals surface area contributed by atoms with E-state index >= 15 is 0 Å². The van der Waals surface area contributed by atoms with Crippen molar-refractivity contribution in [3.63, 3.8) is 0 Å². The molecule has 0 N–H and O–H groups in total. The second kappa shape index (κ2) is 8.23. The quantitative estimate of drug-likeness (QED) is 0.579. The predicted octanol–water partition coefficient (Wildman–Crippen LogP) is 4.09. The largest absolute Gasteiger partial charge is 0.459 e. The maximum atomic E-state index is 13.3. The van der Waals surface area contributed by atoms with E-state index in [2.05, 4.69) is 0 Å². The molecule has 0 radical (unpaired) electrons. The highest BCUT2D eigenvalue weighted by atomic mass is 16.3. The molecule has 2 aliphatic rings. The van der Waals surface area contributed by atoms with Crippen LogP contribution in [0.4, 0.5) is 5.69 Å².